The highest BCUT2D eigenvalue weighted by molar-refractivity contribution is 6.52. The van der Waals surface area contributed by atoms with Gasteiger partial charge in [0.15, 0.2) is 0 Å². The summed E-state index contributed by atoms with van der Waals surface area (Å²) in [4.78, 5) is 7.69. The molecular weight excluding hydrogens is 251 g/mol. The van der Waals surface area contributed by atoms with Gasteiger partial charge < -0.3 is 14.7 Å². The highest BCUT2D eigenvalue weighted by Gasteiger charge is 2.36. The minimum absolute atomic E-state index is 0.530. The van der Waals surface area contributed by atoms with Crippen LogP contribution in [0.2, 0.25) is 0 Å². The molecule has 1 fully saturated rings. The van der Waals surface area contributed by atoms with E-state index in [-0.39, 0.29) is 0 Å². The van der Waals surface area contributed by atoms with Crippen molar-refractivity contribution in [1.29, 1.82) is 0 Å². The standard InChI is InChI=1S/C15H17BN2O2/c1-8-5-10(6-8)12-7-16(19)20-14-9(2)18-15-11(13(12)14)3-4-17-15/h3-4,7-8,10,19H,5-6H2,1-2H3,(H,17,18). The third-order valence-corrected chi connectivity index (χ3v) is 4.49. The molecule has 5 heteroatoms. The number of hydrogen-bond donors (Lipinski definition) is 2. The van der Waals surface area contributed by atoms with Gasteiger partial charge in [0.25, 0.3) is 0 Å². The Kier molecular flexibility index (Phi) is 2.48. The molecule has 2 aliphatic rings. The first-order valence-electron chi connectivity index (χ1n) is 7.18. The topological polar surface area (TPSA) is 58.1 Å². The Hall–Kier alpha value is -1.75. The molecule has 1 saturated carbocycles. The first-order chi connectivity index (χ1) is 9.63. The number of H-pyrrole nitrogens is 1. The molecule has 0 aromatic carbocycles. The van der Waals surface area contributed by atoms with E-state index < -0.39 is 7.12 Å². The van der Waals surface area contributed by atoms with E-state index in [1.807, 2.05) is 25.2 Å². The van der Waals surface area contributed by atoms with Gasteiger partial charge in [-0.1, -0.05) is 6.92 Å². The summed E-state index contributed by atoms with van der Waals surface area (Å²) in [5.41, 5.74) is 4.06. The zero-order valence-electron chi connectivity index (χ0n) is 11.7. The molecule has 2 N–H and O–H groups in total. The maximum absolute atomic E-state index is 9.97. The number of aryl methyl sites for hydroxylation is 1. The number of aromatic amines is 1. The minimum atomic E-state index is -0.856. The lowest BCUT2D eigenvalue weighted by Crippen LogP contribution is -2.30. The molecule has 0 radical (unpaired) electrons. The number of nitrogens with one attached hydrogen (secondary N) is 1. The van der Waals surface area contributed by atoms with Crippen LogP contribution in [-0.4, -0.2) is 22.1 Å². The van der Waals surface area contributed by atoms with Crippen LogP contribution in [0.4, 0.5) is 0 Å². The Bertz CT molecular complexity index is 716. The number of rotatable bonds is 1. The second kappa shape index (κ2) is 4.12. The summed E-state index contributed by atoms with van der Waals surface area (Å²) in [6, 6.07) is 2.04. The highest BCUT2D eigenvalue weighted by Crippen LogP contribution is 2.48. The van der Waals surface area contributed by atoms with Crippen LogP contribution in [0.3, 0.4) is 0 Å². The molecule has 0 spiro atoms. The van der Waals surface area contributed by atoms with Gasteiger partial charge in [-0.3, -0.25) is 0 Å². The van der Waals surface area contributed by atoms with Crippen LogP contribution in [-0.2, 0) is 0 Å². The molecule has 1 aliphatic carbocycles. The van der Waals surface area contributed by atoms with Crippen LogP contribution >= 0.6 is 0 Å². The smallest absolute Gasteiger partial charge is 0.531 e. The van der Waals surface area contributed by atoms with Gasteiger partial charge in [0.05, 0.1) is 5.69 Å². The van der Waals surface area contributed by atoms with E-state index in [2.05, 4.69) is 16.9 Å². The largest absolute Gasteiger partial charge is 0.552 e. The van der Waals surface area contributed by atoms with Crippen molar-refractivity contribution < 1.29 is 9.68 Å². The minimum Gasteiger partial charge on any atom is -0.531 e. The Balaban J connectivity index is 1.94. The number of pyridine rings is 1. The molecule has 2 aromatic rings. The number of allylic oxidation sites excluding steroid dienone is 1. The molecule has 20 heavy (non-hydrogen) atoms. The first kappa shape index (κ1) is 12.0. The van der Waals surface area contributed by atoms with Gasteiger partial charge in [0, 0.05) is 17.1 Å². The van der Waals surface area contributed by atoms with E-state index in [0.29, 0.717) is 5.92 Å². The number of hydrogen-bond acceptors (Lipinski definition) is 3. The lowest BCUT2D eigenvalue weighted by molar-refractivity contribution is 0.271. The van der Waals surface area contributed by atoms with Crippen LogP contribution in [0.25, 0.3) is 16.6 Å². The van der Waals surface area contributed by atoms with Crippen LogP contribution in [0.15, 0.2) is 18.2 Å². The summed E-state index contributed by atoms with van der Waals surface area (Å²) in [6.07, 6.45) is 4.28. The zero-order chi connectivity index (χ0) is 13.9. The molecule has 0 saturated heterocycles. The number of aromatic nitrogens is 2. The second-order valence-electron chi connectivity index (χ2n) is 6.05. The van der Waals surface area contributed by atoms with Crippen molar-refractivity contribution >= 4 is 23.7 Å². The van der Waals surface area contributed by atoms with Gasteiger partial charge in [-0.25, -0.2) is 4.98 Å². The Morgan fingerprint density at radius 2 is 2.25 bits per heavy atom. The van der Waals surface area contributed by atoms with E-state index in [1.54, 1.807) is 0 Å². The van der Waals surface area contributed by atoms with E-state index in [1.165, 1.54) is 18.4 Å². The van der Waals surface area contributed by atoms with Crippen molar-refractivity contribution in [3.05, 3.63) is 29.5 Å². The van der Waals surface area contributed by atoms with Crippen molar-refractivity contribution in [3.63, 3.8) is 0 Å². The molecule has 0 bridgehead atoms. The Morgan fingerprint density at radius 3 is 3.00 bits per heavy atom. The van der Waals surface area contributed by atoms with Crippen molar-refractivity contribution in [2.45, 2.75) is 26.7 Å². The second-order valence-corrected chi connectivity index (χ2v) is 6.05. The molecular formula is C15H17BN2O2. The Morgan fingerprint density at radius 1 is 1.45 bits per heavy atom. The normalized spacial score (nSPS) is 24.9. The molecule has 102 valence electrons. The van der Waals surface area contributed by atoms with Crippen molar-refractivity contribution in [2.75, 3.05) is 0 Å². The number of nitrogens with zero attached hydrogens (tertiary/aromatic N) is 1. The van der Waals surface area contributed by atoms with E-state index in [4.69, 9.17) is 4.65 Å². The van der Waals surface area contributed by atoms with E-state index >= 15 is 0 Å². The van der Waals surface area contributed by atoms with Crippen LogP contribution < -0.4 is 4.65 Å². The molecule has 4 rings (SSSR count). The lowest BCUT2D eigenvalue weighted by Gasteiger charge is -2.37. The molecule has 1 aliphatic heterocycles. The van der Waals surface area contributed by atoms with Crippen molar-refractivity contribution in [2.24, 2.45) is 11.8 Å². The maximum atomic E-state index is 9.97. The van der Waals surface area contributed by atoms with Crippen LogP contribution in [0.5, 0.6) is 5.75 Å². The fraction of sp³-hybridized carbons (Fsp3) is 0.400. The number of fused-ring (bicyclic) bond motifs is 3. The quantitative estimate of drug-likeness (QED) is 0.782. The summed E-state index contributed by atoms with van der Waals surface area (Å²) in [5.74, 6) is 3.91. The monoisotopic (exact) mass is 268 g/mol. The zero-order valence-corrected chi connectivity index (χ0v) is 11.7. The Labute approximate surface area is 118 Å². The van der Waals surface area contributed by atoms with Crippen LogP contribution in [0, 0.1) is 18.8 Å². The average molecular weight is 268 g/mol. The predicted octanol–water partition coefficient (Wildman–Crippen LogP) is 2.71. The summed E-state index contributed by atoms with van der Waals surface area (Å²) in [5, 5.41) is 11.1. The molecule has 4 nitrogen and oxygen atoms in total. The van der Waals surface area contributed by atoms with Gasteiger partial charge in [-0.2, -0.15) is 0 Å². The predicted molar refractivity (Wildman–Crippen MR) is 79.3 cm³/mol. The maximum Gasteiger partial charge on any atom is 0.552 e. The summed E-state index contributed by atoms with van der Waals surface area (Å²) in [6.45, 7) is 4.20. The first-order valence-corrected chi connectivity index (χ1v) is 7.18. The molecule has 2 aromatic heterocycles. The molecule has 0 unspecified atom stereocenters. The molecule has 3 heterocycles. The summed E-state index contributed by atoms with van der Waals surface area (Å²) < 4.78 is 5.62. The SMILES string of the molecule is Cc1nc2[nH]ccc2c2c1OB(O)C=C2C1CC(C)C1. The van der Waals surface area contributed by atoms with E-state index in [0.717, 1.165) is 34.0 Å². The molecule has 0 amide bonds. The van der Waals surface area contributed by atoms with Crippen molar-refractivity contribution in [3.8, 4) is 5.75 Å². The third-order valence-electron chi connectivity index (χ3n) is 4.49. The van der Waals surface area contributed by atoms with Gasteiger partial charge in [-0.15, -0.1) is 0 Å². The fourth-order valence-electron chi connectivity index (χ4n) is 3.50. The highest BCUT2D eigenvalue weighted by atomic mass is 16.5. The van der Waals surface area contributed by atoms with Gasteiger partial charge in [-0.05, 0) is 49.2 Å². The fourth-order valence-corrected chi connectivity index (χ4v) is 3.50. The van der Waals surface area contributed by atoms with Gasteiger partial charge in [0.1, 0.15) is 11.4 Å². The van der Waals surface area contributed by atoms with Gasteiger partial charge in [0.2, 0.25) is 0 Å². The van der Waals surface area contributed by atoms with Crippen LogP contribution in [0.1, 0.15) is 31.0 Å². The summed E-state index contributed by atoms with van der Waals surface area (Å²) >= 11 is 0. The third kappa shape index (κ3) is 1.62. The van der Waals surface area contributed by atoms with E-state index in [9.17, 15) is 5.02 Å². The van der Waals surface area contributed by atoms with Crippen molar-refractivity contribution in [1.82, 2.24) is 9.97 Å². The lowest BCUT2D eigenvalue weighted by atomic mass is 9.66. The summed E-state index contributed by atoms with van der Waals surface area (Å²) in [7, 11) is -0.856. The average Bonchev–Trinajstić information content (AvgIpc) is 2.82. The van der Waals surface area contributed by atoms with Gasteiger partial charge >= 0.3 is 7.12 Å². The molecule has 0 atom stereocenters.